The van der Waals surface area contributed by atoms with E-state index < -0.39 is 0 Å². The van der Waals surface area contributed by atoms with Crippen molar-refractivity contribution in [1.82, 2.24) is 0 Å². The Kier molecular flexibility index (Phi) is 33.6. The zero-order valence-corrected chi connectivity index (χ0v) is 30.3. The third-order valence-electron chi connectivity index (χ3n) is 8.47. The van der Waals surface area contributed by atoms with Gasteiger partial charge in [-0.2, -0.15) is 0 Å². The maximum absolute atomic E-state index is 5.36. The second-order valence-electron chi connectivity index (χ2n) is 11.6. The van der Waals surface area contributed by atoms with Crippen LogP contribution in [0.15, 0.2) is 0 Å². The van der Waals surface area contributed by atoms with E-state index >= 15 is 0 Å². The summed E-state index contributed by atoms with van der Waals surface area (Å²) < 4.78 is 10.6. The van der Waals surface area contributed by atoms with Gasteiger partial charge < -0.3 is 9.47 Å². The molecule has 0 aromatic heterocycles. The highest BCUT2D eigenvalue weighted by atomic mass is 16.6. The molecule has 0 bridgehead atoms. The number of epoxide rings is 1. The highest BCUT2D eigenvalue weighted by Gasteiger charge is 2.37. The molecule has 0 amide bonds. The Bertz CT molecular complexity index is 393. The predicted octanol–water partition coefficient (Wildman–Crippen LogP) is 12.8. The minimum absolute atomic E-state index is 0.523. The van der Waals surface area contributed by atoms with Gasteiger partial charge in [-0.05, 0) is 87.9 Å². The van der Waals surface area contributed by atoms with Gasteiger partial charge >= 0.3 is 0 Å². The van der Waals surface area contributed by atoms with E-state index in [1.807, 2.05) is 55.4 Å². The number of hydrogen-bond acceptors (Lipinski definition) is 2. The summed E-state index contributed by atoms with van der Waals surface area (Å²) in [5.41, 5.74) is 0.611. The molecule has 0 aromatic carbocycles. The lowest BCUT2D eigenvalue weighted by Gasteiger charge is -2.28. The topological polar surface area (TPSA) is 21.8 Å². The van der Waals surface area contributed by atoms with Crippen LogP contribution in [0.4, 0.5) is 0 Å². The summed E-state index contributed by atoms with van der Waals surface area (Å²) in [5, 5.41) is 0. The number of hydrogen-bond donors (Lipinski definition) is 0. The fourth-order valence-corrected chi connectivity index (χ4v) is 5.12. The van der Waals surface area contributed by atoms with E-state index in [-0.39, 0.29) is 0 Å². The van der Waals surface area contributed by atoms with Crippen molar-refractivity contribution in [3.63, 3.8) is 0 Å². The van der Waals surface area contributed by atoms with Crippen LogP contribution in [0.3, 0.4) is 0 Å². The van der Waals surface area contributed by atoms with Gasteiger partial charge in [0.25, 0.3) is 0 Å². The fraction of sp³-hybridized carbons (Fsp3) is 1.00. The van der Waals surface area contributed by atoms with Crippen LogP contribution < -0.4 is 0 Å². The summed E-state index contributed by atoms with van der Waals surface area (Å²) in [6, 6.07) is 0. The Morgan fingerprint density at radius 2 is 0.816 bits per heavy atom. The van der Waals surface area contributed by atoms with Crippen molar-refractivity contribution in [2.75, 3.05) is 0 Å². The Hall–Kier alpha value is -0.0800. The zero-order valence-electron chi connectivity index (χ0n) is 30.3. The molecule has 4 rings (SSSR count). The normalized spacial score (nSPS) is 33.0. The van der Waals surface area contributed by atoms with Gasteiger partial charge in [0.05, 0.1) is 24.4 Å². The van der Waals surface area contributed by atoms with E-state index in [4.69, 9.17) is 9.47 Å². The molecule has 0 radical (unpaired) electrons. The lowest BCUT2D eigenvalue weighted by Crippen LogP contribution is -2.20. The van der Waals surface area contributed by atoms with Crippen LogP contribution >= 0.6 is 0 Å². The van der Waals surface area contributed by atoms with Gasteiger partial charge in [-0.15, -0.1) is 0 Å². The highest BCUT2D eigenvalue weighted by molar-refractivity contribution is 4.87. The smallest absolute Gasteiger partial charge is 0.0839 e. The van der Waals surface area contributed by atoms with E-state index in [2.05, 4.69) is 69.2 Å². The molecule has 0 spiro atoms. The molecule has 236 valence electrons. The molecule has 4 aliphatic rings. The van der Waals surface area contributed by atoms with Crippen molar-refractivity contribution in [1.29, 1.82) is 0 Å². The molecule has 2 aliphatic carbocycles. The van der Waals surface area contributed by atoms with Gasteiger partial charge in [-0.1, -0.05) is 124 Å². The quantitative estimate of drug-likeness (QED) is 0.322. The average molecular weight is 545 g/mol. The van der Waals surface area contributed by atoms with E-state index in [0.717, 1.165) is 23.7 Å². The van der Waals surface area contributed by atoms with Crippen molar-refractivity contribution < 1.29 is 9.47 Å². The maximum Gasteiger partial charge on any atom is 0.0839 e. The molecule has 2 aliphatic heterocycles. The summed E-state index contributed by atoms with van der Waals surface area (Å²) in [7, 11) is 0. The first-order chi connectivity index (χ1) is 18.0. The van der Waals surface area contributed by atoms with Crippen molar-refractivity contribution in [2.24, 2.45) is 29.1 Å². The first kappa shape index (κ1) is 44.9. The fourth-order valence-electron chi connectivity index (χ4n) is 5.12. The largest absolute Gasteiger partial charge is 0.376 e. The summed E-state index contributed by atoms with van der Waals surface area (Å²) in [5.74, 6) is 3.92. The van der Waals surface area contributed by atoms with Gasteiger partial charge in [0.15, 0.2) is 0 Å². The maximum atomic E-state index is 5.36. The van der Waals surface area contributed by atoms with Crippen LogP contribution in [-0.2, 0) is 9.47 Å². The van der Waals surface area contributed by atoms with Crippen LogP contribution in [0.5, 0.6) is 0 Å². The number of rotatable bonds is 2. The number of ether oxygens (including phenoxy) is 2. The van der Waals surface area contributed by atoms with Gasteiger partial charge in [0.1, 0.15) is 0 Å². The van der Waals surface area contributed by atoms with Crippen LogP contribution in [0.25, 0.3) is 0 Å². The molecule has 4 fully saturated rings. The summed E-state index contributed by atoms with van der Waals surface area (Å²) in [6.45, 7) is 38.8. The second-order valence-corrected chi connectivity index (χ2v) is 11.6. The highest BCUT2D eigenvalue weighted by Crippen LogP contribution is 2.46. The molecular weight excluding hydrogens is 464 g/mol. The molecule has 0 aromatic rings. The van der Waals surface area contributed by atoms with Crippen LogP contribution in [0, 0.1) is 29.1 Å². The van der Waals surface area contributed by atoms with Crippen molar-refractivity contribution in [2.45, 2.75) is 207 Å². The van der Waals surface area contributed by atoms with Crippen LogP contribution in [0.1, 0.15) is 182 Å². The van der Waals surface area contributed by atoms with Crippen LogP contribution in [0.2, 0.25) is 0 Å². The molecule has 2 heteroatoms. The Labute approximate surface area is 245 Å². The molecule has 2 saturated heterocycles. The van der Waals surface area contributed by atoms with Crippen LogP contribution in [-0.4, -0.2) is 24.4 Å². The molecule has 2 nitrogen and oxygen atoms in total. The standard InChI is InChI=1S/C9H18.C7H14.2C6H12O.4C2H6/c1-7-5-6-8(2)9(7,3)4;1-6-3-4-7(2)5-6;1-5-3-4-6(2)7-5;1-3-5-6(4-2)7-5;4*1-2/h7-8H,5-6H2,1-4H3;6-7H,3-5H2,1-2H3;2*5-6H,3-4H2,1-2H3;4*1-2H3. The molecule has 8 unspecified atom stereocenters. The van der Waals surface area contributed by atoms with Crippen molar-refractivity contribution >= 4 is 0 Å². The molecule has 2 heterocycles. The van der Waals surface area contributed by atoms with Gasteiger partial charge in [-0.3, -0.25) is 0 Å². The summed E-state index contributed by atoms with van der Waals surface area (Å²) >= 11 is 0. The molecule has 38 heavy (non-hydrogen) atoms. The van der Waals surface area contributed by atoms with E-state index in [0.29, 0.717) is 29.8 Å². The zero-order chi connectivity index (χ0) is 30.9. The Morgan fingerprint density at radius 3 is 0.921 bits per heavy atom. The Balaban J connectivity index is -0.000000187. The molecule has 2 saturated carbocycles. The Morgan fingerprint density at radius 1 is 0.500 bits per heavy atom. The lowest BCUT2D eigenvalue weighted by atomic mass is 9.77. The van der Waals surface area contributed by atoms with E-state index in [1.165, 1.54) is 57.8 Å². The van der Waals surface area contributed by atoms with Gasteiger partial charge in [-0.25, -0.2) is 0 Å². The first-order valence-electron chi connectivity index (χ1n) is 17.3. The molecule has 0 N–H and O–H groups in total. The lowest BCUT2D eigenvalue weighted by molar-refractivity contribution is 0.0673. The average Bonchev–Trinajstić information content (AvgIpc) is 3.38. The predicted molar refractivity (Wildman–Crippen MR) is 177 cm³/mol. The van der Waals surface area contributed by atoms with E-state index in [9.17, 15) is 0 Å². The minimum Gasteiger partial charge on any atom is -0.376 e. The third kappa shape index (κ3) is 21.7. The first-order valence-corrected chi connectivity index (χ1v) is 17.3. The van der Waals surface area contributed by atoms with Gasteiger partial charge in [0, 0.05) is 0 Å². The minimum atomic E-state index is 0.523. The van der Waals surface area contributed by atoms with Crippen molar-refractivity contribution in [3.05, 3.63) is 0 Å². The monoisotopic (exact) mass is 545 g/mol. The molecular formula is C36H80O2. The summed E-state index contributed by atoms with van der Waals surface area (Å²) in [4.78, 5) is 0. The SMILES string of the molecule is CC.CC.CC.CC.CC1CCC(C)C1.CC1CCC(C)C1(C)C.CC1CCC(C)O1.CCC1OC1CC. The van der Waals surface area contributed by atoms with E-state index in [1.54, 1.807) is 0 Å². The summed E-state index contributed by atoms with van der Waals surface area (Å²) in [6.07, 6.45) is 14.5. The van der Waals surface area contributed by atoms with Crippen molar-refractivity contribution in [3.8, 4) is 0 Å². The van der Waals surface area contributed by atoms with Gasteiger partial charge in [0.2, 0.25) is 0 Å². The molecule has 8 atom stereocenters. The third-order valence-corrected chi connectivity index (χ3v) is 8.47. The second kappa shape index (κ2) is 28.4.